The number of hydrogen-bond donors (Lipinski definition) is 2. The van der Waals surface area contributed by atoms with Gasteiger partial charge in [0, 0.05) is 6.20 Å². The second kappa shape index (κ2) is 5.47. The summed E-state index contributed by atoms with van der Waals surface area (Å²) in [5.41, 5.74) is 5.95. The second-order valence-corrected chi connectivity index (χ2v) is 5.39. The zero-order chi connectivity index (χ0) is 14.0. The summed E-state index contributed by atoms with van der Waals surface area (Å²) in [6, 6.07) is 1.39. The molecule has 5 nitrogen and oxygen atoms in total. The van der Waals surface area contributed by atoms with Crippen LogP contribution in [0.5, 0.6) is 5.88 Å². The Morgan fingerprint density at radius 2 is 2.16 bits per heavy atom. The molecule has 0 saturated heterocycles. The van der Waals surface area contributed by atoms with Crippen LogP contribution in [0.1, 0.15) is 43.5 Å². The first-order chi connectivity index (χ1) is 8.99. The molecule has 2 rings (SSSR count). The number of aromatic nitrogens is 1. The first kappa shape index (κ1) is 13.6. The number of nitrogens with two attached hydrogens (primary N) is 1. The van der Waals surface area contributed by atoms with E-state index in [1.165, 1.54) is 12.3 Å². The minimum absolute atomic E-state index is 0.0437. The monoisotopic (exact) mass is 264 g/mol. The van der Waals surface area contributed by atoms with Gasteiger partial charge in [0.15, 0.2) is 0 Å². The fourth-order valence-corrected chi connectivity index (χ4v) is 2.50. The van der Waals surface area contributed by atoms with Crippen molar-refractivity contribution in [3.8, 4) is 5.88 Å². The zero-order valence-electron chi connectivity index (χ0n) is 11.3. The van der Waals surface area contributed by atoms with Gasteiger partial charge in [-0.1, -0.05) is 13.8 Å². The van der Waals surface area contributed by atoms with E-state index in [1.54, 1.807) is 0 Å². The van der Waals surface area contributed by atoms with E-state index in [1.807, 2.05) is 0 Å². The van der Waals surface area contributed by atoms with Crippen molar-refractivity contribution in [2.24, 2.45) is 11.8 Å². The maximum atomic E-state index is 11.0. The molecule has 5 heteroatoms. The van der Waals surface area contributed by atoms with Gasteiger partial charge in [0.1, 0.15) is 11.8 Å². The number of anilines is 1. The molecule has 19 heavy (non-hydrogen) atoms. The third-order valence-corrected chi connectivity index (χ3v) is 4.01. The highest BCUT2D eigenvalue weighted by molar-refractivity contribution is 5.94. The Kier molecular flexibility index (Phi) is 3.93. The molecule has 1 saturated carbocycles. The Hall–Kier alpha value is -1.78. The number of pyridine rings is 1. The molecule has 1 aliphatic carbocycles. The number of nitrogens with zero attached hydrogens (tertiary/aromatic N) is 1. The molecule has 0 bridgehead atoms. The van der Waals surface area contributed by atoms with E-state index in [0.717, 1.165) is 19.3 Å². The minimum Gasteiger partial charge on any atom is -0.478 e. The Balaban J connectivity index is 2.11. The maximum Gasteiger partial charge on any atom is 0.338 e. The quantitative estimate of drug-likeness (QED) is 0.876. The normalized spacial score (nSPS) is 26.9. The van der Waals surface area contributed by atoms with Crippen molar-refractivity contribution in [1.29, 1.82) is 0 Å². The van der Waals surface area contributed by atoms with Gasteiger partial charge in [0.25, 0.3) is 0 Å². The summed E-state index contributed by atoms with van der Waals surface area (Å²) >= 11 is 0. The Labute approximate surface area is 112 Å². The van der Waals surface area contributed by atoms with E-state index >= 15 is 0 Å². The fraction of sp³-hybridized carbons (Fsp3) is 0.571. The summed E-state index contributed by atoms with van der Waals surface area (Å²) in [5.74, 6) is 0.486. The van der Waals surface area contributed by atoms with Gasteiger partial charge in [-0.15, -0.1) is 0 Å². The fourth-order valence-electron chi connectivity index (χ4n) is 2.50. The summed E-state index contributed by atoms with van der Waals surface area (Å²) in [6.07, 6.45) is 4.53. The maximum absolute atomic E-state index is 11.0. The lowest BCUT2D eigenvalue weighted by Gasteiger charge is -2.32. The molecule has 1 aromatic rings. The van der Waals surface area contributed by atoms with E-state index in [9.17, 15) is 4.79 Å². The SMILES string of the molecule is CC1CCC(Oc2nccc(C(=O)O)c2N)CC1C. The third kappa shape index (κ3) is 2.97. The van der Waals surface area contributed by atoms with Crippen LogP contribution in [0.15, 0.2) is 12.3 Å². The van der Waals surface area contributed by atoms with E-state index < -0.39 is 5.97 Å². The Bertz CT molecular complexity index is 476. The van der Waals surface area contributed by atoms with Crippen molar-refractivity contribution in [2.75, 3.05) is 5.73 Å². The lowest BCUT2D eigenvalue weighted by molar-refractivity contribution is 0.0695. The standard InChI is InChI=1S/C14H20N2O3/c1-8-3-4-10(7-9(8)2)19-13-12(15)11(14(17)18)5-6-16-13/h5-6,8-10H,3-4,7,15H2,1-2H3,(H,17,18). The summed E-state index contributed by atoms with van der Waals surface area (Å²) in [5, 5.41) is 9.01. The van der Waals surface area contributed by atoms with Gasteiger partial charge >= 0.3 is 5.97 Å². The van der Waals surface area contributed by atoms with Crippen LogP contribution in [0.4, 0.5) is 5.69 Å². The van der Waals surface area contributed by atoms with Gasteiger partial charge < -0.3 is 15.6 Å². The number of ether oxygens (including phenoxy) is 1. The lowest BCUT2D eigenvalue weighted by atomic mass is 9.80. The number of carbonyl (C=O) groups is 1. The molecule has 0 aliphatic heterocycles. The Morgan fingerprint density at radius 1 is 1.42 bits per heavy atom. The van der Waals surface area contributed by atoms with Crippen LogP contribution in [-0.2, 0) is 0 Å². The molecule has 1 aliphatic rings. The number of carboxylic acids is 1. The van der Waals surface area contributed by atoms with Crippen molar-refractivity contribution < 1.29 is 14.6 Å². The van der Waals surface area contributed by atoms with E-state index in [0.29, 0.717) is 11.8 Å². The molecule has 3 atom stereocenters. The van der Waals surface area contributed by atoms with Gasteiger partial charge in [-0.05, 0) is 37.2 Å². The first-order valence-corrected chi connectivity index (χ1v) is 6.63. The largest absolute Gasteiger partial charge is 0.478 e. The number of aromatic carboxylic acids is 1. The van der Waals surface area contributed by atoms with Gasteiger partial charge in [-0.2, -0.15) is 0 Å². The van der Waals surface area contributed by atoms with Crippen LogP contribution < -0.4 is 10.5 Å². The van der Waals surface area contributed by atoms with Gasteiger partial charge in [0.05, 0.1) is 5.56 Å². The van der Waals surface area contributed by atoms with Crippen molar-refractivity contribution in [3.05, 3.63) is 17.8 Å². The minimum atomic E-state index is -1.06. The average molecular weight is 264 g/mol. The first-order valence-electron chi connectivity index (χ1n) is 6.63. The zero-order valence-corrected chi connectivity index (χ0v) is 11.3. The summed E-state index contributed by atoms with van der Waals surface area (Å²) in [7, 11) is 0. The lowest BCUT2D eigenvalue weighted by Crippen LogP contribution is -2.29. The molecule has 1 aromatic heterocycles. The van der Waals surface area contributed by atoms with Crippen molar-refractivity contribution in [3.63, 3.8) is 0 Å². The highest BCUT2D eigenvalue weighted by Crippen LogP contribution is 2.33. The van der Waals surface area contributed by atoms with E-state index in [4.69, 9.17) is 15.6 Å². The van der Waals surface area contributed by atoms with Gasteiger partial charge in [-0.25, -0.2) is 9.78 Å². The van der Waals surface area contributed by atoms with Crippen molar-refractivity contribution >= 4 is 11.7 Å². The third-order valence-electron chi connectivity index (χ3n) is 4.01. The average Bonchev–Trinajstić information content (AvgIpc) is 2.36. The number of rotatable bonds is 3. The molecule has 3 unspecified atom stereocenters. The van der Waals surface area contributed by atoms with Crippen LogP contribution in [0.2, 0.25) is 0 Å². The molecule has 0 spiro atoms. The van der Waals surface area contributed by atoms with Crippen molar-refractivity contribution in [2.45, 2.75) is 39.2 Å². The van der Waals surface area contributed by atoms with Crippen LogP contribution in [0.3, 0.4) is 0 Å². The molecule has 0 aromatic carbocycles. The molecular formula is C14H20N2O3. The van der Waals surface area contributed by atoms with Gasteiger partial charge in [-0.3, -0.25) is 0 Å². The van der Waals surface area contributed by atoms with Crippen molar-refractivity contribution in [1.82, 2.24) is 4.98 Å². The number of hydrogen-bond acceptors (Lipinski definition) is 4. The van der Waals surface area contributed by atoms with Crippen LogP contribution in [0.25, 0.3) is 0 Å². The smallest absolute Gasteiger partial charge is 0.338 e. The molecule has 3 N–H and O–H groups in total. The molecule has 104 valence electrons. The molecule has 1 fully saturated rings. The predicted molar refractivity (Wildman–Crippen MR) is 72.2 cm³/mol. The molecule has 1 heterocycles. The topological polar surface area (TPSA) is 85.4 Å². The summed E-state index contributed by atoms with van der Waals surface area (Å²) < 4.78 is 5.80. The number of carboxylic acid groups (broad SMARTS) is 1. The highest BCUT2D eigenvalue weighted by Gasteiger charge is 2.27. The van der Waals surface area contributed by atoms with Crippen LogP contribution in [0, 0.1) is 11.8 Å². The van der Waals surface area contributed by atoms with E-state index in [2.05, 4.69) is 18.8 Å². The molecule has 0 radical (unpaired) electrons. The van der Waals surface area contributed by atoms with Crippen LogP contribution in [-0.4, -0.2) is 22.2 Å². The summed E-state index contributed by atoms with van der Waals surface area (Å²) in [4.78, 5) is 15.0. The van der Waals surface area contributed by atoms with Crippen LogP contribution >= 0.6 is 0 Å². The highest BCUT2D eigenvalue weighted by atomic mass is 16.5. The summed E-state index contributed by atoms with van der Waals surface area (Å²) in [6.45, 7) is 4.46. The number of nitrogen functional groups attached to an aromatic ring is 1. The molecule has 0 amide bonds. The Morgan fingerprint density at radius 3 is 2.79 bits per heavy atom. The molecular weight excluding hydrogens is 244 g/mol. The van der Waals surface area contributed by atoms with Gasteiger partial charge in [0.2, 0.25) is 5.88 Å². The predicted octanol–water partition coefficient (Wildman–Crippen LogP) is 2.57. The van der Waals surface area contributed by atoms with E-state index in [-0.39, 0.29) is 23.2 Å². The second-order valence-electron chi connectivity index (χ2n) is 5.39.